The Labute approximate surface area is 102 Å². The molecular weight excluding hydrogens is 234 g/mol. The van der Waals surface area contributed by atoms with Crippen LogP contribution in [0.25, 0.3) is 4.96 Å². The fourth-order valence-corrected chi connectivity index (χ4v) is 2.40. The molecule has 0 bridgehead atoms. The van der Waals surface area contributed by atoms with Crippen molar-refractivity contribution < 1.29 is 0 Å². The largest absolute Gasteiger partial charge is 0.324 e. The zero-order valence-corrected chi connectivity index (χ0v) is 9.89. The van der Waals surface area contributed by atoms with Gasteiger partial charge in [0.15, 0.2) is 5.82 Å². The van der Waals surface area contributed by atoms with E-state index in [1.807, 2.05) is 18.2 Å². The van der Waals surface area contributed by atoms with Gasteiger partial charge in [-0.05, 0) is 5.56 Å². The first-order chi connectivity index (χ1) is 8.36. The number of hydrogen-bond acceptors (Lipinski definition) is 5. The Morgan fingerprint density at radius 2 is 2.00 bits per heavy atom. The molecule has 0 unspecified atom stereocenters. The van der Waals surface area contributed by atoms with E-state index in [2.05, 4.69) is 27.4 Å². The van der Waals surface area contributed by atoms with Crippen LogP contribution in [-0.2, 0) is 13.0 Å². The molecule has 86 valence electrons. The van der Waals surface area contributed by atoms with Crippen molar-refractivity contribution >= 4 is 16.3 Å². The molecular formula is C11H11N5S. The van der Waals surface area contributed by atoms with E-state index in [9.17, 15) is 0 Å². The third-order valence-electron chi connectivity index (χ3n) is 2.48. The van der Waals surface area contributed by atoms with Gasteiger partial charge in [-0.1, -0.05) is 41.7 Å². The quantitative estimate of drug-likeness (QED) is 0.753. The first-order valence-corrected chi connectivity index (χ1v) is 6.12. The third-order valence-corrected chi connectivity index (χ3v) is 3.40. The van der Waals surface area contributed by atoms with Crippen molar-refractivity contribution in [3.63, 3.8) is 0 Å². The second kappa shape index (κ2) is 4.23. The highest BCUT2D eigenvalue weighted by Gasteiger charge is 2.10. The van der Waals surface area contributed by atoms with Gasteiger partial charge in [-0.2, -0.15) is 9.61 Å². The first kappa shape index (κ1) is 10.4. The second-order valence-electron chi connectivity index (χ2n) is 3.67. The highest BCUT2D eigenvalue weighted by Crippen LogP contribution is 2.15. The van der Waals surface area contributed by atoms with Gasteiger partial charge in [0.25, 0.3) is 0 Å². The minimum absolute atomic E-state index is 0.443. The van der Waals surface area contributed by atoms with Crippen LogP contribution >= 0.6 is 11.3 Å². The van der Waals surface area contributed by atoms with Gasteiger partial charge in [-0.15, -0.1) is 10.2 Å². The Morgan fingerprint density at radius 1 is 1.18 bits per heavy atom. The SMILES string of the molecule is NCc1nn2c(Cc3ccccc3)nnc2s1. The number of nitrogens with zero attached hydrogens (tertiary/aromatic N) is 4. The topological polar surface area (TPSA) is 69.1 Å². The number of benzene rings is 1. The average molecular weight is 245 g/mol. The van der Waals surface area contributed by atoms with E-state index >= 15 is 0 Å². The molecule has 5 nitrogen and oxygen atoms in total. The summed E-state index contributed by atoms with van der Waals surface area (Å²) in [5.41, 5.74) is 6.76. The second-order valence-corrected chi connectivity index (χ2v) is 4.71. The Bertz CT molecular complexity index is 628. The van der Waals surface area contributed by atoms with Crippen molar-refractivity contribution in [2.45, 2.75) is 13.0 Å². The van der Waals surface area contributed by atoms with Crippen LogP contribution in [0.1, 0.15) is 16.4 Å². The maximum atomic E-state index is 5.56. The summed E-state index contributed by atoms with van der Waals surface area (Å²) in [6.45, 7) is 0.443. The Hall–Kier alpha value is -1.79. The van der Waals surface area contributed by atoms with E-state index in [0.717, 1.165) is 22.2 Å². The van der Waals surface area contributed by atoms with Gasteiger partial charge in [-0.25, -0.2) is 0 Å². The molecule has 0 aliphatic carbocycles. The zero-order chi connectivity index (χ0) is 11.7. The summed E-state index contributed by atoms with van der Waals surface area (Å²) in [6.07, 6.45) is 0.732. The van der Waals surface area contributed by atoms with Crippen LogP contribution in [0.4, 0.5) is 0 Å². The van der Waals surface area contributed by atoms with Crippen LogP contribution in [-0.4, -0.2) is 19.8 Å². The number of nitrogens with two attached hydrogens (primary N) is 1. The van der Waals surface area contributed by atoms with E-state index in [-0.39, 0.29) is 0 Å². The Kier molecular flexibility index (Phi) is 2.58. The molecule has 0 amide bonds. The average Bonchev–Trinajstić information content (AvgIpc) is 2.92. The van der Waals surface area contributed by atoms with Gasteiger partial charge in [0, 0.05) is 13.0 Å². The number of fused-ring (bicyclic) bond motifs is 1. The summed E-state index contributed by atoms with van der Waals surface area (Å²) >= 11 is 1.48. The van der Waals surface area contributed by atoms with E-state index in [1.165, 1.54) is 16.9 Å². The highest BCUT2D eigenvalue weighted by atomic mass is 32.1. The smallest absolute Gasteiger partial charge is 0.234 e. The fourth-order valence-electron chi connectivity index (χ4n) is 1.67. The summed E-state index contributed by atoms with van der Waals surface area (Å²) in [6, 6.07) is 10.2. The standard InChI is InChI=1S/C11H11N5S/c12-7-10-15-16-9(13-14-11(16)17-10)6-8-4-2-1-3-5-8/h1-5H,6-7,12H2. The van der Waals surface area contributed by atoms with E-state index in [1.54, 1.807) is 4.52 Å². The van der Waals surface area contributed by atoms with Crippen molar-refractivity contribution in [3.05, 3.63) is 46.7 Å². The van der Waals surface area contributed by atoms with Crippen molar-refractivity contribution in [3.8, 4) is 0 Å². The molecule has 3 aromatic rings. The molecule has 0 spiro atoms. The normalized spacial score (nSPS) is 11.1. The summed E-state index contributed by atoms with van der Waals surface area (Å²) in [4.78, 5) is 0.802. The Balaban J connectivity index is 1.97. The highest BCUT2D eigenvalue weighted by molar-refractivity contribution is 7.16. The minimum atomic E-state index is 0.443. The molecule has 17 heavy (non-hydrogen) atoms. The van der Waals surface area contributed by atoms with Gasteiger partial charge in [0.05, 0.1) is 0 Å². The molecule has 6 heteroatoms. The van der Waals surface area contributed by atoms with Crippen LogP contribution in [0.2, 0.25) is 0 Å². The molecule has 0 radical (unpaired) electrons. The lowest BCUT2D eigenvalue weighted by molar-refractivity contribution is 0.821. The predicted molar refractivity (Wildman–Crippen MR) is 65.8 cm³/mol. The maximum absolute atomic E-state index is 5.56. The van der Waals surface area contributed by atoms with E-state index < -0.39 is 0 Å². The fraction of sp³-hybridized carbons (Fsp3) is 0.182. The molecule has 2 heterocycles. The lowest BCUT2D eigenvalue weighted by Gasteiger charge is -1.96. The van der Waals surface area contributed by atoms with Gasteiger partial charge in [0.1, 0.15) is 5.01 Å². The number of aromatic nitrogens is 4. The van der Waals surface area contributed by atoms with Crippen LogP contribution in [0.5, 0.6) is 0 Å². The minimum Gasteiger partial charge on any atom is -0.324 e. The van der Waals surface area contributed by atoms with Crippen LogP contribution < -0.4 is 5.73 Å². The number of rotatable bonds is 3. The molecule has 0 atom stereocenters. The van der Waals surface area contributed by atoms with Crippen molar-refractivity contribution in [2.24, 2.45) is 5.73 Å². The summed E-state index contributed by atoms with van der Waals surface area (Å²) in [5.74, 6) is 0.849. The van der Waals surface area contributed by atoms with Gasteiger partial charge in [0.2, 0.25) is 4.96 Å². The molecule has 1 aromatic carbocycles. The first-order valence-electron chi connectivity index (χ1n) is 5.31. The molecule has 2 aromatic heterocycles. The lowest BCUT2D eigenvalue weighted by atomic mass is 10.1. The van der Waals surface area contributed by atoms with Crippen LogP contribution in [0, 0.1) is 0 Å². The van der Waals surface area contributed by atoms with Crippen LogP contribution in [0.15, 0.2) is 30.3 Å². The van der Waals surface area contributed by atoms with Gasteiger partial charge < -0.3 is 5.73 Å². The zero-order valence-electron chi connectivity index (χ0n) is 9.08. The summed E-state index contributed by atoms with van der Waals surface area (Å²) in [5, 5.41) is 13.5. The molecule has 2 N–H and O–H groups in total. The van der Waals surface area contributed by atoms with Gasteiger partial charge in [-0.3, -0.25) is 0 Å². The molecule has 3 rings (SSSR count). The molecule has 0 aliphatic rings. The molecule has 0 aliphatic heterocycles. The third kappa shape index (κ3) is 1.92. The molecule has 0 saturated heterocycles. The van der Waals surface area contributed by atoms with Crippen molar-refractivity contribution in [1.82, 2.24) is 19.8 Å². The van der Waals surface area contributed by atoms with E-state index in [0.29, 0.717) is 6.54 Å². The predicted octanol–water partition coefficient (Wildman–Crippen LogP) is 1.24. The Morgan fingerprint density at radius 3 is 2.76 bits per heavy atom. The lowest BCUT2D eigenvalue weighted by Crippen LogP contribution is -2.00. The van der Waals surface area contributed by atoms with Crippen molar-refractivity contribution in [1.29, 1.82) is 0 Å². The number of hydrogen-bond donors (Lipinski definition) is 1. The summed E-state index contributed by atoms with van der Waals surface area (Å²) < 4.78 is 1.78. The van der Waals surface area contributed by atoms with Crippen molar-refractivity contribution in [2.75, 3.05) is 0 Å². The molecule has 0 saturated carbocycles. The maximum Gasteiger partial charge on any atom is 0.234 e. The summed E-state index contributed by atoms with van der Waals surface area (Å²) in [7, 11) is 0. The van der Waals surface area contributed by atoms with Gasteiger partial charge >= 0.3 is 0 Å². The van der Waals surface area contributed by atoms with Crippen LogP contribution in [0.3, 0.4) is 0 Å². The molecule has 0 fully saturated rings. The van der Waals surface area contributed by atoms with E-state index in [4.69, 9.17) is 5.73 Å². The monoisotopic (exact) mass is 245 g/mol.